The topological polar surface area (TPSA) is 70.3 Å². The summed E-state index contributed by atoms with van der Waals surface area (Å²) < 4.78 is 2.26. The molecular formula is C18H26N6O. The number of aliphatic hydroxyl groups is 1. The number of aliphatic hydroxyl groups excluding tert-OH is 1. The van der Waals surface area contributed by atoms with E-state index in [0.717, 1.165) is 50.8 Å². The average molecular weight is 342 g/mol. The van der Waals surface area contributed by atoms with Crippen LogP contribution in [-0.4, -0.2) is 59.9 Å². The lowest BCUT2D eigenvalue weighted by Crippen LogP contribution is -2.36. The van der Waals surface area contributed by atoms with Gasteiger partial charge in [0.15, 0.2) is 5.82 Å². The van der Waals surface area contributed by atoms with Gasteiger partial charge in [-0.3, -0.25) is 14.8 Å². The Hall–Kier alpha value is -1.83. The number of hydrogen-bond acceptors (Lipinski definition) is 6. The first-order chi connectivity index (χ1) is 12.1. The van der Waals surface area contributed by atoms with Crippen LogP contribution in [0.2, 0.25) is 0 Å². The van der Waals surface area contributed by atoms with Crippen molar-refractivity contribution in [1.29, 1.82) is 0 Å². The van der Waals surface area contributed by atoms with Crippen LogP contribution in [0.1, 0.15) is 43.5 Å². The molecule has 2 aliphatic rings. The summed E-state index contributed by atoms with van der Waals surface area (Å²) in [7, 11) is 0. The van der Waals surface area contributed by atoms with Crippen molar-refractivity contribution in [2.24, 2.45) is 0 Å². The maximum absolute atomic E-state index is 10.1. The largest absolute Gasteiger partial charge is 0.392 e. The number of aromatic nitrogens is 4. The Balaban J connectivity index is 1.51. The van der Waals surface area contributed by atoms with Crippen molar-refractivity contribution in [3.63, 3.8) is 0 Å². The Bertz CT molecular complexity index is 716. The van der Waals surface area contributed by atoms with Gasteiger partial charge in [0, 0.05) is 44.6 Å². The molecule has 0 spiro atoms. The molecule has 0 unspecified atom stereocenters. The first-order valence-electron chi connectivity index (χ1n) is 9.09. The molecule has 2 atom stereocenters. The van der Waals surface area contributed by atoms with Crippen LogP contribution >= 0.6 is 0 Å². The fourth-order valence-electron chi connectivity index (χ4n) is 4.02. The Morgan fingerprint density at radius 1 is 1.28 bits per heavy atom. The van der Waals surface area contributed by atoms with Gasteiger partial charge in [0.1, 0.15) is 5.82 Å². The highest BCUT2D eigenvalue weighted by molar-refractivity contribution is 5.11. The van der Waals surface area contributed by atoms with Gasteiger partial charge >= 0.3 is 0 Å². The molecule has 2 aliphatic heterocycles. The van der Waals surface area contributed by atoms with Crippen molar-refractivity contribution in [3.8, 4) is 0 Å². The Labute approximate surface area is 148 Å². The molecule has 1 fully saturated rings. The molecule has 7 heteroatoms. The van der Waals surface area contributed by atoms with Crippen LogP contribution < -0.4 is 0 Å². The predicted molar refractivity (Wildman–Crippen MR) is 93.6 cm³/mol. The molecule has 4 rings (SSSR count). The molecule has 0 aromatic carbocycles. The second-order valence-corrected chi connectivity index (χ2v) is 7.39. The first kappa shape index (κ1) is 16.6. The molecule has 2 aromatic heterocycles. The molecule has 134 valence electrons. The zero-order valence-corrected chi connectivity index (χ0v) is 14.9. The second kappa shape index (κ2) is 6.82. The number of likely N-dealkylation sites (tertiary alicyclic amines) is 1. The molecule has 0 radical (unpaired) electrons. The highest BCUT2D eigenvalue weighted by Crippen LogP contribution is 2.33. The molecule has 0 amide bonds. The number of β-amino-alcohol motifs (C(OH)–C–C–N with tert-alkyl or cyclic N) is 1. The minimum atomic E-state index is -0.272. The molecule has 0 bridgehead atoms. The highest BCUT2D eigenvalue weighted by Gasteiger charge is 2.37. The van der Waals surface area contributed by atoms with Gasteiger partial charge in [-0.05, 0) is 31.9 Å². The van der Waals surface area contributed by atoms with E-state index in [4.69, 9.17) is 0 Å². The van der Waals surface area contributed by atoms with E-state index in [1.165, 1.54) is 5.56 Å². The van der Waals surface area contributed by atoms with E-state index < -0.39 is 0 Å². The number of nitrogens with zero attached hydrogens (tertiary/aromatic N) is 6. The third-order valence-corrected chi connectivity index (χ3v) is 5.27. The van der Waals surface area contributed by atoms with Crippen molar-refractivity contribution >= 4 is 0 Å². The second-order valence-electron chi connectivity index (χ2n) is 7.39. The highest BCUT2D eigenvalue weighted by atomic mass is 16.3. The van der Waals surface area contributed by atoms with Crippen LogP contribution in [0.5, 0.6) is 0 Å². The van der Waals surface area contributed by atoms with Gasteiger partial charge in [0.05, 0.1) is 18.7 Å². The SMILES string of the molecule is CC(C)N1C[C@@H](O)C[C@H]1c1nnc2n1CCN(Cc1cccnc1)C2. The number of rotatable bonds is 4. The summed E-state index contributed by atoms with van der Waals surface area (Å²) in [5.41, 5.74) is 1.22. The van der Waals surface area contributed by atoms with E-state index in [2.05, 4.69) is 49.5 Å². The molecular weight excluding hydrogens is 316 g/mol. The lowest BCUT2D eigenvalue weighted by molar-refractivity contribution is 0.155. The monoisotopic (exact) mass is 342 g/mol. The van der Waals surface area contributed by atoms with Gasteiger partial charge in [-0.15, -0.1) is 10.2 Å². The molecule has 1 saturated heterocycles. The van der Waals surface area contributed by atoms with Gasteiger partial charge in [-0.2, -0.15) is 0 Å². The van der Waals surface area contributed by atoms with Crippen LogP contribution in [0.4, 0.5) is 0 Å². The lowest BCUT2D eigenvalue weighted by atomic mass is 10.1. The van der Waals surface area contributed by atoms with Gasteiger partial charge in [0.2, 0.25) is 0 Å². The van der Waals surface area contributed by atoms with Crippen molar-refractivity contribution in [1.82, 2.24) is 29.5 Å². The molecule has 0 saturated carbocycles. The summed E-state index contributed by atoms with van der Waals surface area (Å²) >= 11 is 0. The normalized spacial score (nSPS) is 24.8. The van der Waals surface area contributed by atoms with E-state index in [1.54, 1.807) is 6.20 Å². The van der Waals surface area contributed by atoms with Crippen molar-refractivity contribution in [2.75, 3.05) is 13.1 Å². The molecule has 7 nitrogen and oxygen atoms in total. The quantitative estimate of drug-likeness (QED) is 0.900. The van der Waals surface area contributed by atoms with Crippen LogP contribution in [0.25, 0.3) is 0 Å². The average Bonchev–Trinajstić information content (AvgIpc) is 3.18. The van der Waals surface area contributed by atoms with Crippen molar-refractivity contribution in [3.05, 3.63) is 41.7 Å². The number of hydrogen-bond donors (Lipinski definition) is 1. The lowest BCUT2D eigenvalue weighted by Gasteiger charge is -2.31. The zero-order valence-electron chi connectivity index (χ0n) is 14.9. The van der Waals surface area contributed by atoms with E-state index in [-0.39, 0.29) is 12.1 Å². The van der Waals surface area contributed by atoms with Gasteiger partial charge in [-0.25, -0.2) is 0 Å². The molecule has 1 N–H and O–H groups in total. The summed E-state index contributed by atoms with van der Waals surface area (Å²) in [6, 6.07) is 4.64. The predicted octanol–water partition coefficient (Wildman–Crippen LogP) is 1.20. The molecule has 4 heterocycles. The Kier molecular flexibility index (Phi) is 4.54. The summed E-state index contributed by atoms with van der Waals surface area (Å²) in [4.78, 5) is 8.91. The molecule has 0 aliphatic carbocycles. The minimum Gasteiger partial charge on any atom is -0.392 e. The van der Waals surface area contributed by atoms with Crippen LogP contribution in [0.15, 0.2) is 24.5 Å². The van der Waals surface area contributed by atoms with Crippen LogP contribution in [0.3, 0.4) is 0 Å². The molecule has 25 heavy (non-hydrogen) atoms. The maximum Gasteiger partial charge on any atom is 0.150 e. The van der Waals surface area contributed by atoms with Crippen LogP contribution in [-0.2, 0) is 19.6 Å². The van der Waals surface area contributed by atoms with Crippen LogP contribution in [0, 0.1) is 0 Å². The van der Waals surface area contributed by atoms with Crippen molar-refractivity contribution in [2.45, 2.75) is 58.1 Å². The standard InChI is InChI=1S/C18H26N6O/c1-13(2)24-11-15(25)8-16(24)18-21-20-17-12-22(6-7-23(17)18)10-14-4-3-5-19-9-14/h3-5,9,13,15-16,25H,6-8,10-12H2,1-2H3/t15-,16-/m0/s1. The van der Waals surface area contributed by atoms with E-state index in [9.17, 15) is 5.11 Å². The summed E-state index contributed by atoms with van der Waals surface area (Å²) in [6.07, 6.45) is 4.20. The van der Waals surface area contributed by atoms with Gasteiger partial charge in [0.25, 0.3) is 0 Å². The zero-order chi connectivity index (χ0) is 17.4. The third-order valence-electron chi connectivity index (χ3n) is 5.27. The van der Waals surface area contributed by atoms with Gasteiger partial charge in [-0.1, -0.05) is 6.07 Å². The third kappa shape index (κ3) is 3.31. The van der Waals surface area contributed by atoms with Crippen molar-refractivity contribution < 1.29 is 5.11 Å². The minimum absolute atomic E-state index is 0.168. The number of pyridine rings is 1. The number of fused-ring (bicyclic) bond motifs is 1. The first-order valence-corrected chi connectivity index (χ1v) is 9.09. The Morgan fingerprint density at radius 3 is 2.92 bits per heavy atom. The summed E-state index contributed by atoms with van der Waals surface area (Å²) in [5, 5.41) is 19.1. The van der Waals surface area contributed by atoms with Gasteiger partial charge < -0.3 is 9.67 Å². The smallest absolute Gasteiger partial charge is 0.150 e. The maximum atomic E-state index is 10.1. The van der Waals surface area contributed by atoms with E-state index >= 15 is 0 Å². The summed E-state index contributed by atoms with van der Waals surface area (Å²) in [6.45, 7) is 8.63. The fourth-order valence-corrected chi connectivity index (χ4v) is 4.02. The fraction of sp³-hybridized carbons (Fsp3) is 0.611. The summed E-state index contributed by atoms with van der Waals surface area (Å²) in [5.74, 6) is 2.04. The van der Waals surface area contributed by atoms with E-state index in [1.807, 2.05) is 12.3 Å². The molecule has 2 aromatic rings. The Morgan fingerprint density at radius 2 is 2.16 bits per heavy atom. The van der Waals surface area contributed by atoms with E-state index in [0.29, 0.717) is 6.04 Å².